The molecule has 0 aromatic heterocycles. The molecule has 0 spiro atoms. The van der Waals surface area contributed by atoms with Crippen LogP contribution in [0.15, 0.2) is 53.4 Å². The van der Waals surface area contributed by atoms with Crippen LogP contribution in [-0.2, 0) is 10.0 Å². The van der Waals surface area contributed by atoms with E-state index in [1.165, 1.54) is 0 Å². The van der Waals surface area contributed by atoms with Crippen molar-refractivity contribution < 1.29 is 8.42 Å². The lowest BCUT2D eigenvalue weighted by Gasteiger charge is -2.13. The number of benzene rings is 2. The average molecular weight is 259 g/mol. The summed E-state index contributed by atoms with van der Waals surface area (Å²) < 4.78 is 26.8. The highest BCUT2D eigenvalue weighted by atomic mass is 32.2. The molecule has 3 nitrogen and oxygen atoms in total. The third kappa shape index (κ3) is 1.65. The van der Waals surface area contributed by atoms with Crippen molar-refractivity contribution in [3.8, 4) is 0 Å². The van der Waals surface area contributed by atoms with Crippen molar-refractivity contribution in [1.29, 1.82) is 0 Å². The Morgan fingerprint density at radius 2 is 1.56 bits per heavy atom. The molecule has 0 saturated carbocycles. The van der Waals surface area contributed by atoms with Gasteiger partial charge in [-0.3, -0.25) is 0 Å². The molecule has 1 N–H and O–H groups in total. The molecule has 0 amide bonds. The number of aryl methyl sites for hydroxylation is 1. The van der Waals surface area contributed by atoms with Crippen LogP contribution in [-0.4, -0.2) is 8.42 Å². The molecular formula is C14H13NO2S. The summed E-state index contributed by atoms with van der Waals surface area (Å²) in [4.78, 5) is 0.387. The van der Waals surface area contributed by atoms with Crippen LogP contribution in [0.3, 0.4) is 0 Å². The molecule has 0 radical (unpaired) electrons. The molecule has 0 saturated heterocycles. The average Bonchev–Trinajstić information content (AvgIpc) is 2.63. The minimum Gasteiger partial charge on any atom is -0.207 e. The second-order valence-electron chi connectivity index (χ2n) is 4.45. The van der Waals surface area contributed by atoms with E-state index < -0.39 is 10.0 Å². The molecule has 3 rings (SSSR count). The van der Waals surface area contributed by atoms with Gasteiger partial charge in [-0.05, 0) is 29.7 Å². The van der Waals surface area contributed by atoms with E-state index in [1.807, 2.05) is 43.3 Å². The zero-order valence-corrected chi connectivity index (χ0v) is 10.7. The van der Waals surface area contributed by atoms with Gasteiger partial charge >= 0.3 is 0 Å². The second kappa shape index (κ2) is 3.93. The maximum absolute atomic E-state index is 12.0. The first-order chi connectivity index (χ1) is 8.59. The lowest BCUT2D eigenvalue weighted by molar-refractivity contribution is 0.585. The number of sulfonamides is 1. The van der Waals surface area contributed by atoms with Gasteiger partial charge in [0.15, 0.2) is 0 Å². The van der Waals surface area contributed by atoms with Gasteiger partial charge in [0.05, 0.1) is 10.9 Å². The highest BCUT2D eigenvalue weighted by Gasteiger charge is 2.34. The van der Waals surface area contributed by atoms with E-state index in [-0.39, 0.29) is 6.04 Å². The molecule has 0 unspecified atom stereocenters. The third-order valence-corrected chi connectivity index (χ3v) is 4.79. The Labute approximate surface area is 107 Å². The fourth-order valence-electron chi connectivity index (χ4n) is 2.39. The summed E-state index contributed by atoms with van der Waals surface area (Å²) in [6.45, 7) is 1.99. The smallest absolute Gasteiger partial charge is 0.207 e. The van der Waals surface area contributed by atoms with Gasteiger partial charge in [-0.25, -0.2) is 8.42 Å². The summed E-state index contributed by atoms with van der Waals surface area (Å²) in [5.41, 5.74) is 2.92. The van der Waals surface area contributed by atoms with Crippen LogP contribution in [0.25, 0.3) is 0 Å². The standard InChI is InChI=1S/C14H13NO2S/c1-10-6-2-3-7-11(10)14-12-8-4-5-9-13(12)18(16,17)15-14/h2-9,14-15H,1H3/t14-/m1/s1. The van der Waals surface area contributed by atoms with Gasteiger partial charge in [-0.2, -0.15) is 4.72 Å². The molecule has 1 atom stereocenters. The van der Waals surface area contributed by atoms with E-state index in [0.29, 0.717) is 4.90 Å². The maximum Gasteiger partial charge on any atom is 0.241 e. The van der Waals surface area contributed by atoms with E-state index in [9.17, 15) is 8.42 Å². The molecule has 2 aromatic rings. The maximum atomic E-state index is 12.0. The Balaban J connectivity index is 2.21. The minimum absolute atomic E-state index is 0.271. The number of hydrogen-bond acceptors (Lipinski definition) is 2. The Hall–Kier alpha value is -1.65. The lowest BCUT2D eigenvalue weighted by atomic mass is 9.96. The summed E-state index contributed by atoms with van der Waals surface area (Å²) in [6.07, 6.45) is 0. The fraction of sp³-hybridized carbons (Fsp3) is 0.143. The fourth-order valence-corrected chi connectivity index (χ4v) is 3.83. The largest absolute Gasteiger partial charge is 0.241 e. The van der Waals surface area contributed by atoms with E-state index in [0.717, 1.165) is 16.7 Å². The molecular weight excluding hydrogens is 246 g/mol. The number of rotatable bonds is 1. The summed E-state index contributed by atoms with van der Waals surface area (Å²) in [6, 6.07) is 14.7. The van der Waals surface area contributed by atoms with Gasteiger partial charge in [0.1, 0.15) is 0 Å². The first-order valence-corrected chi connectivity index (χ1v) is 7.25. The van der Waals surface area contributed by atoms with Crippen molar-refractivity contribution in [2.24, 2.45) is 0 Å². The Kier molecular flexibility index (Phi) is 2.50. The third-order valence-electron chi connectivity index (χ3n) is 3.29. The highest BCUT2D eigenvalue weighted by molar-refractivity contribution is 7.89. The van der Waals surface area contributed by atoms with Gasteiger partial charge in [0, 0.05) is 0 Å². The SMILES string of the molecule is Cc1ccccc1[C@H]1NS(=O)(=O)c2ccccc21. The molecule has 1 aliphatic rings. The molecule has 1 aliphatic heterocycles. The summed E-state index contributed by atoms with van der Waals surface area (Å²) in [7, 11) is -3.37. The molecule has 4 heteroatoms. The topological polar surface area (TPSA) is 46.2 Å². The first kappa shape index (κ1) is 11.4. The van der Waals surface area contributed by atoms with Gasteiger partial charge in [0.25, 0.3) is 0 Å². The molecule has 0 fully saturated rings. The Morgan fingerprint density at radius 1 is 0.944 bits per heavy atom. The summed E-state index contributed by atoms with van der Waals surface area (Å²) in [5.74, 6) is 0. The van der Waals surface area contributed by atoms with E-state index in [4.69, 9.17) is 0 Å². The Morgan fingerprint density at radius 3 is 2.28 bits per heavy atom. The van der Waals surface area contributed by atoms with Crippen molar-refractivity contribution in [2.75, 3.05) is 0 Å². The van der Waals surface area contributed by atoms with Gasteiger partial charge in [-0.15, -0.1) is 0 Å². The predicted molar refractivity (Wildman–Crippen MR) is 69.8 cm³/mol. The van der Waals surface area contributed by atoms with Crippen molar-refractivity contribution in [1.82, 2.24) is 4.72 Å². The predicted octanol–water partition coefficient (Wildman–Crippen LogP) is 2.38. The van der Waals surface area contributed by atoms with Crippen molar-refractivity contribution >= 4 is 10.0 Å². The second-order valence-corrected chi connectivity index (χ2v) is 6.13. The summed E-state index contributed by atoms with van der Waals surface area (Å²) >= 11 is 0. The summed E-state index contributed by atoms with van der Waals surface area (Å²) in [5, 5.41) is 0. The quantitative estimate of drug-likeness (QED) is 0.854. The van der Waals surface area contributed by atoms with Crippen LogP contribution in [0.1, 0.15) is 22.7 Å². The van der Waals surface area contributed by atoms with Gasteiger partial charge in [-0.1, -0.05) is 42.5 Å². The molecule has 1 heterocycles. The minimum atomic E-state index is -3.37. The number of fused-ring (bicyclic) bond motifs is 1. The first-order valence-electron chi connectivity index (χ1n) is 5.76. The zero-order chi connectivity index (χ0) is 12.8. The van der Waals surface area contributed by atoms with E-state index in [2.05, 4.69) is 4.72 Å². The van der Waals surface area contributed by atoms with E-state index >= 15 is 0 Å². The lowest BCUT2D eigenvalue weighted by Crippen LogP contribution is -2.21. The molecule has 0 aliphatic carbocycles. The number of hydrogen-bond donors (Lipinski definition) is 1. The zero-order valence-electron chi connectivity index (χ0n) is 9.92. The number of nitrogens with one attached hydrogen (secondary N) is 1. The van der Waals surface area contributed by atoms with Crippen LogP contribution < -0.4 is 4.72 Å². The van der Waals surface area contributed by atoms with Gasteiger partial charge < -0.3 is 0 Å². The molecule has 2 aromatic carbocycles. The molecule has 92 valence electrons. The van der Waals surface area contributed by atoms with E-state index in [1.54, 1.807) is 12.1 Å². The van der Waals surface area contributed by atoms with Crippen LogP contribution in [0, 0.1) is 6.92 Å². The molecule has 18 heavy (non-hydrogen) atoms. The van der Waals surface area contributed by atoms with Crippen LogP contribution in [0.4, 0.5) is 0 Å². The van der Waals surface area contributed by atoms with Crippen LogP contribution >= 0.6 is 0 Å². The van der Waals surface area contributed by atoms with Crippen molar-refractivity contribution in [2.45, 2.75) is 17.9 Å². The monoisotopic (exact) mass is 259 g/mol. The van der Waals surface area contributed by atoms with Crippen molar-refractivity contribution in [3.05, 3.63) is 65.2 Å². The Bertz CT molecular complexity index is 707. The highest BCUT2D eigenvalue weighted by Crippen LogP contribution is 2.35. The van der Waals surface area contributed by atoms with Crippen LogP contribution in [0.5, 0.6) is 0 Å². The normalized spacial score (nSPS) is 20.6. The van der Waals surface area contributed by atoms with Crippen LogP contribution in [0.2, 0.25) is 0 Å². The molecule has 0 bridgehead atoms. The van der Waals surface area contributed by atoms with Crippen molar-refractivity contribution in [3.63, 3.8) is 0 Å². The van der Waals surface area contributed by atoms with Gasteiger partial charge in [0.2, 0.25) is 10.0 Å².